The number of rotatable bonds is 4. The number of anilines is 1. The number of hydrogen-bond acceptors (Lipinski definition) is 5. The molecule has 1 aromatic heterocycles. The molecule has 2 aromatic rings. The van der Waals surface area contributed by atoms with Crippen molar-refractivity contribution in [2.24, 2.45) is 0 Å². The second-order valence-electron chi connectivity index (χ2n) is 7.74. The molecule has 2 aliphatic heterocycles. The molecule has 0 amide bonds. The molecule has 0 spiro atoms. The highest BCUT2D eigenvalue weighted by atomic mass is 19.1. The van der Waals surface area contributed by atoms with E-state index >= 15 is 0 Å². The highest BCUT2D eigenvalue weighted by Gasteiger charge is 2.29. The highest BCUT2D eigenvalue weighted by molar-refractivity contribution is 5.47. The fourth-order valence-corrected chi connectivity index (χ4v) is 4.36. The number of nitrogens with zero attached hydrogens (tertiary/aromatic N) is 5. The van der Waals surface area contributed by atoms with Gasteiger partial charge in [-0.15, -0.1) is 5.10 Å². The first-order chi connectivity index (χ1) is 13.1. The summed E-state index contributed by atoms with van der Waals surface area (Å²) in [5.74, 6) is -0.124. The quantitative estimate of drug-likeness (QED) is 0.893. The van der Waals surface area contributed by atoms with Gasteiger partial charge in [0, 0.05) is 32.2 Å². The summed E-state index contributed by atoms with van der Waals surface area (Å²) in [5, 5.41) is 17.9. The molecule has 1 N–H and O–H groups in total. The summed E-state index contributed by atoms with van der Waals surface area (Å²) < 4.78 is 15.9. The second kappa shape index (κ2) is 7.94. The number of aliphatic hydroxyl groups is 1. The first-order valence-electron chi connectivity index (χ1n) is 9.95. The van der Waals surface area contributed by atoms with Crippen LogP contribution in [0.2, 0.25) is 0 Å². The third kappa shape index (κ3) is 3.99. The van der Waals surface area contributed by atoms with Gasteiger partial charge in [-0.1, -0.05) is 17.3 Å². The van der Waals surface area contributed by atoms with E-state index in [1.165, 1.54) is 0 Å². The summed E-state index contributed by atoms with van der Waals surface area (Å²) >= 11 is 0. The molecule has 0 radical (unpaired) electrons. The predicted octanol–water partition coefficient (Wildman–Crippen LogP) is 2.78. The van der Waals surface area contributed by atoms with E-state index in [1.54, 1.807) is 19.1 Å². The molecule has 2 fully saturated rings. The number of benzene rings is 1. The first-order valence-corrected chi connectivity index (χ1v) is 9.95. The SMILES string of the molecule is C[C@H](O)c1cn(C2CCN(C3CCN(c4ccccc4F)CC3)CC2)nn1. The van der Waals surface area contributed by atoms with Crippen LogP contribution in [-0.2, 0) is 0 Å². The van der Waals surface area contributed by atoms with Gasteiger partial charge in [0.05, 0.1) is 24.0 Å². The van der Waals surface area contributed by atoms with Crippen LogP contribution in [0.5, 0.6) is 0 Å². The number of aromatic nitrogens is 3. The molecule has 1 aromatic carbocycles. The van der Waals surface area contributed by atoms with Crippen LogP contribution in [0.25, 0.3) is 0 Å². The van der Waals surface area contributed by atoms with E-state index in [-0.39, 0.29) is 5.82 Å². The van der Waals surface area contributed by atoms with Crippen LogP contribution in [0.15, 0.2) is 30.5 Å². The Hall–Kier alpha value is -1.99. The van der Waals surface area contributed by atoms with E-state index in [1.807, 2.05) is 23.0 Å². The lowest BCUT2D eigenvalue weighted by atomic mass is 9.97. The Morgan fingerprint density at radius 2 is 1.70 bits per heavy atom. The Bertz CT molecular complexity index is 748. The molecule has 146 valence electrons. The summed E-state index contributed by atoms with van der Waals surface area (Å²) in [6.45, 7) is 5.64. The fraction of sp³-hybridized carbons (Fsp3) is 0.600. The lowest BCUT2D eigenvalue weighted by Crippen LogP contribution is -2.48. The molecule has 0 unspecified atom stereocenters. The van der Waals surface area contributed by atoms with Gasteiger partial charge in [0.2, 0.25) is 0 Å². The van der Waals surface area contributed by atoms with Crippen molar-refractivity contribution >= 4 is 5.69 Å². The van der Waals surface area contributed by atoms with Crippen molar-refractivity contribution in [2.45, 2.75) is 50.8 Å². The molecule has 27 heavy (non-hydrogen) atoms. The molecule has 0 bridgehead atoms. The summed E-state index contributed by atoms with van der Waals surface area (Å²) in [6, 6.07) is 8.01. The van der Waals surface area contributed by atoms with Gasteiger partial charge in [-0.25, -0.2) is 9.07 Å². The number of para-hydroxylation sites is 1. The maximum atomic E-state index is 14.0. The highest BCUT2D eigenvalue weighted by Crippen LogP contribution is 2.29. The van der Waals surface area contributed by atoms with E-state index in [0.29, 0.717) is 17.8 Å². The van der Waals surface area contributed by atoms with Crippen molar-refractivity contribution in [3.05, 3.63) is 42.0 Å². The third-order valence-electron chi connectivity index (χ3n) is 6.00. The number of halogens is 1. The van der Waals surface area contributed by atoms with E-state index in [2.05, 4.69) is 20.1 Å². The zero-order chi connectivity index (χ0) is 18.8. The second-order valence-corrected chi connectivity index (χ2v) is 7.74. The van der Waals surface area contributed by atoms with Crippen LogP contribution in [0.3, 0.4) is 0 Å². The van der Waals surface area contributed by atoms with Crippen LogP contribution in [-0.4, -0.2) is 57.2 Å². The minimum atomic E-state index is -0.571. The Kier molecular flexibility index (Phi) is 5.41. The summed E-state index contributed by atoms with van der Waals surface area (Å²) in [6.07, 6.45) is 5.56. The van der Waals surface area contributed by atoms with E-state index in [4.69, 9.17) is 0 Å². The molecule has 7 heteroatoms. The Morgan fingerprint density at radius 3 is 2.33 bits per heavy atom. The fourth-order valence-electron chi connectivity index (χ4n) is 4.36. The van der Waals surface area contributed by atoms with E-state index in [9.17, 15) is 9.50 Å². The van der Waals surface area contributed by atoms with Crippen molar-refractivity contribution in [2.75, 3.05) is 31.1 Å². The smallest absolute Gasteiger partial charge is 0.146 e. The molecular weight excluding hydrogens is 345 g/mol. The standard InChI is InChI=1S/C20H28FN5O/c1-15(27)19-14-26(23-22-19)17-8-10-24(11-9-17)16-6-12-25(13-7-16)20-5-3-2-4-18(20)21/h2-5,14-17,27H,6-13H2,1H3/t15-/m0/s1. The number of piperidine rings is 2. The summed E-state index contributed by atoms with van der Waals surface area (Å²) in [5.41, 5.74) is 1.37. The maximum absolute atomic E-state index is 14.0. The van der Waals surface area contributed by atoms with Crippen molar-refractivity contribution < 1.29 is 9.50 Å². The molecule has 4 rings (SSSR count). The lowest BCUT2D eigenvalue weighted by Gasteiger charge is -2.42. The zero-order valence-electron chi connectivity index (χ0n) is 15.8. The van der Waals surface area contributed by atoms with Gasteiger partial charge in [-0.2, -0.15) is 0 Å². The van der Waals surface area contributed by atoms with Gasteiger partial charge in [-0.3, -0.25) is 0 Å². The average molecular weight is 373 g/mol. The Morgan fingerprint density at radius 1 is 1.04 bits per heavy atom. The molecule has 0 saturated carbocycles. The van der Waals surface area contributed by atoms with Crippen LogP contribution in [0.1, 0.15) is 50.4 Å². The van der Waals surface area contributed by atoms with E-state index in [0.717, 1.165) is 57.5 Å². The van der Waals surface area contributed by atoms with Crippen LogP contribution >= 0.6 is 0 Å². The van der Waals surface area contributed by atoms with Crippen molar-refractivity contribution in [1.29, 1.82) is 0 Å². The average Bonchev–Trinajstić information content (AvgIpc) is 3.19. The normalized spacial score (nSPS) is 21.5. The monoisotopic (exact) mass is 373 g/mol. The molecule has 1 atom stereocenters. The predicted molar refractivity (Wildman–Crippen MR) is 102 cm³/mol. The third-order valence-corrected chi connectivity index (χ3v) is 6.00. The molecular formula is C20H28FN5O. The molecule has 6 nitrogen and oxygen atoms in total. The zero-order valence-corrected chi connectivity index (χ0v) is 15.8. The van der Waals surface area contributed by atoms with Gasteiger partial charge in [0.15, 0.2) is 0 Å². The van der Waals surface area contributed by atoms with Crippen molar-refractivity contribution in [3.8, 4) is 0 Å². The van der Waals surface area contributed by atoms with Gasteiger partial charge >= 0.3 is 0 Å². The lowest BCUT2D eigenvalue weighted by molar-refractivity contribution is 0.113. The van der Waals surface area contributed by atoms with Crippen LogP contribution in [0, 0.1) is 5.82 Å². The van der Waals surface area contributed by atoms with Gasteiger partial charge in [0.1, 0.15) is 11.5 Å². The summed E-state index contributed by atoms with van der Waals surface area (Å²) in [4.78, 5) is 4.76. The number of hydrogen-bond donors (Lipinski definition) is 1. The van der Waals surface area contributed by atoms with Crippen LogP contribution < -0.4 is 4.90 Å². The minimum Gasteiger partial charge on any atom is -0.387 e. The number of likely N-dealkylation sites (tertiary alicyclic amines) is 1. The number of aliphatic hydroxyl groups excluding tert-OH is 1. The molecule has 2 aliphatic rings. The topological polar surface area (TPSA) is 57.4 Å². The summed E-state index contributed by atoms with van der Waals surface area (Å²) in [7, 11) is 0. The largest absolute Gasteiger partial charge is 0.387 e. The van der Waals surface area contributed by atoms with Gasteiger partial charge < -0.3 is 14.9 Å². The maximum Gasteiger partial charge on any atom is 0.146 e. The molecule has 3 heterocycles. The minimum absolute atomic E-state index is 0.124. The van der Waals surface area contributed by atoms with Gasteiger partial charge in [-0.05, 0) is 44.7 Å². The molecule has 2 saturated heterocycles. The van der Waals surface area contributed by atoms with Crippen molar-refractivity contribution in [3.63, 3.8) is 0 Å². The van der Waals surface area contributed by atoms with E-state index < -0.39 is 6.10 Å². The Balaban J connectivity index is 1.29. The van der Waals surface area contributed by atoms with Gasteiger partial charge in [0.25, 0.3) is 0 Å². The first kappa shape index (κ1) is 18.4. The molecule has 0 aliphatic carbocycles. The van der Waals surface area contributed by atoms with Crippen molar-refractivity contribution in [1.82, 2.24) is 19.9 Å². The van der Waals surface area contributed by atoms with Crippen LogP contribution in [0.4, 0.5) is 10.1 Å². The Labute approximate surface area is 159 Å².